The molecular formula is C16H34N2O3. The van der Waals surface area contributed by atoms with Crippen LogP contribution in [0.5, 0.6) is 0 Å². The molecule has 0 amide bonds. The number of likely N-dealkylation sites (tertiary alicyclic amines) is 1. The van der Waals surface area contributed by atoms with Crippen LogP contribution in [-0.4, -0.2) is 70.2 Å². The zero-order valence-corrected chi connectivity index (χ0v) is 13.9. The molecule has 2 N–H and O–H groups in total. The maximum atomic E-state index is 5.83. The number of nitrogens with zero attached hydrogens (tertiary/aromatic N) is 1. The van der Waals surface area contributed by atoms with Crippen molar-refractivity contribution in [3.05, 3.63) is 0 Å². The fourth-order valence-electron chi connectivity index (χ4n) is 2.72. The molecule has 126 valence electrons. The SMILES string of the molecule is CCCCOCCOCCOCCN1CCC(C)C1CN. The molecule has 0 saturated carbocycles. The van der Waals surface area contributed by atoms with Gasteiger partial charge in [0.15, 0.2) is 0 Å². The molecule has 0 aromatic heterocycles. The first-order valence-electron chi connectivity index (χ1n) is 8.47. The van der Waals surface area contributed by atoms with Crippen LogP contribution in [0, 0.1) is 5.92 Å². The van der Waals surface area contributed by atoms with Crippen molar-refractivity contribution in [3.63, 3.8) is 0 Å². The fourth-order valence-corrected chi connectivity index (χ4v) is 2.72. The van der Waals surface area contributed by atoms with E-state index in [1.54, 1.807) is 0 Å². The standard InChI is InChI=1S/C16H34N2O3/c1-3-4-8-19-10-12-21-13-11-20-9-7-18-6-5-15(2)16(18)14-17/h15-16H,3-14,17H2,1-2H3. The van der Waals surface area contributed by atoms with Crippen molar-refractivity contribution < 1.29 is 14.2 Å². The summed E-state index contributed by atoms with van der Waals surface area (Å²) in [6, 6.07) is 0.533. The molecule has 1 aliphatic rings. The second-order valence-electron chi connectivity index (χ2n) is 5.80. The Hall–Kier alpha value is -0.200. The van der Waals surface area contributed by atoms with E-state index in [1.807, 2.05) is 0 Å². The minimum atomic E-state index is 0.533. The molecule has 5 heteroatoms. The molecule has 5 nitrogen and oxygen atoms in total. The predicted octanol–water partition coefficient (Wildman–Crippen LogP) is 1.51. The monoisotopic (exact) mass is 302 g/mol. The average Bonchev–Trinajstić information content (AvgIpc) is 2.85. The molecule has 21 heavy (non-hydrogen) atoms. The third-order valence-corrected chi connectivity index (χ3v) is 4.15. The zero-order chi connectivity index (χ0) is 15.3. The summed E-state index contributed by atoms with van der Waals surface area (Å²) in [4.78, 5) is 2.45. The largest absolute Gasteiger partial charge is 0.379 e. The Morgan fingerprint density at radius 2 is 1.62 bits per heavy atom. The van der Waals surface area contributed by atoms with E-state index in [9.17, 15) is 0 Å². The van der Waals surface area contributed by atoms with E-state index in [2.05, 4.69) is 18.7 Å². The summed E-state index contributed by atoms with van der Waals surface area (Å²) in [5.74, 6) is 0.714. The van der Waals surface area contributed by atoms with Gasteiger partial charge in [-0.15, -0.1) is 0 Å². The van der Waals surface area contributed by atoms with Crippen LogP contribution >= 0.6 is 0 Å². The summed E-state index contributed by atoms with van der Waals surface area (Å²) in [5.41, 5.74) is 5.83. The second-order valence-corrected chi connectivity index (χ2v) is 5.80. The van der Waals surface area contributed by atoms with Crippen LogP contribution in [0.4, 0.5) is 0 Å². The lowest BCUT2D eigenvalue weighted by molar-refractivity contribution is 0.00941. The van der Waals surface area contributed by atoms with Gasteiger partial charge in [0.25, 0.3) is 0 Å². The molecule has 0 spiro atoms. The lowest BCUT2D eigenvalue weighted by atomic mass is 10.0. The van der Waals surface area contributed by atoms with Gasteiger partial charge < -0.3 is 19.9 Å². The summed E-state index contributed by atoms with van der Waals surface area (Å²) in [7, 11) is 0. The van der Waals surface area contributed by atoms with E-state index < -0.39 is 0 Å². The van der Waals surface area contributed by atoms with Crippen LogP contribution in [0.3, 0.4) is 0 Å². The van der Waals surface area contributed by atoms with Crippen molar-refractivity contribution in [1.82, 2.24) is 4.90 Å². The number of rotatable bonds is 13. The van der Waals surface area contributed by atoms with Gasteiger partial charge in [-0.1, -0.05) is 20.3 Å². The molecule has 0 aromatic rings. The van der Waals surface area contributed by atoms with Gasteiger partial charge in [0.05, 0.1) is 33.0 Å². The van der Waals surface area contributed by atoms with Gasteiger partial charge in [-0.25, -0.2) is 0 Å². The van der Waals surface area contributed by atoms with E-state index >= 15 is 0 Å². The molecule has 2 atom stereocenters. The van der Waals surface area contributed by atoms with Crippen LogP contribution < -0.4 is 5.73 Å². The molecule has 0 aromatic carbocycles. The molecule has 1 rings (SSSR count). The van der Waals surface area contributed by atoms with Crippen molar-refractivity contribution in [1.29, 1.82) is 0 Å². The maximum absolute atomic E-state index is 5.83. The van der Waals surface area contributed by atoms with E-state index in [-0.39, 0.29) is 0 Å². The first-order chi connectivity index (χ1) is 10.3. The van der Waals surface area contributed by atoms with Crippen molar-refractivity contribution in [3.8, 4) is 0 Å². The minimum absolute atomic E-state index is 0.533. The number of hydrogen-bond acceptors (Lipinski definition) is 5. The highest BCUT2D eigenvalue weighted by Gasteiger charge is 2.29. The number of hydrogen-bond donors (Lipinski definition) is 1. The van der Waals surface area contributed by atoms with Gasteiger partial charge in [-0.2, -0.15) is 0 Å². The summed E-state index contributed by atoms with van der Waals surface area (Å²) in [6.07, 6.45) is 3.56. The van der Waals surface area contributed by atoms with E-state index in [4.69, 9.17) is 19.9 Å². The topological polar surface area (TPSA) is 57.0 Å². The highest BCUT2D eigenvalue weighted by atomic mass is 16.5. The molecule has 1 aliphatic heterocycles. The molecular weight excluding hydrogens is 268 g/mol. The van der Waals surface area contributed by atoms with Crippen LogP contribution in [0.15, 0.2) is 0 Å². The lowest BCUT2D eigenvalue weighted by Gasteiger charge is -2.25. The Balaban J connectivity index is 1.84. The number of ether oxygens (including phenoxy) is 3. The Kier molecular flexibility index (Phi) is 11.1. The van der Waals surface area contributed by atoms with Gasteiger partial charge in [0.2, 0.25) is 0 Å². The van der Waals surface area contributed by atoms with Crippen molar-refractivity contribution in [2.24, 2.45) is 11.7 Å². The van der Waals surface area contributed by atoms with Gasteiger partial charge >= 0.3 is 0 Å². The van der Waals surface area contributed by atoms with Crippen molar-refractivity contribution >= 4 is 0 Å². The molecule has 0 aliphatic carbocycles. The Morgan fingerprint density at radius 1 is 1.00 bits per heavy atom. The Morgan fingerprint density at radius 3 is 2.24 bits per heavy atom. The van der Waals surface area contributed by atoms with Crippen molar-refractivity contribution in [2.75, 3.05) is 59.3 Å². The van der Waals surface area contributed by atoms with Crippen LogP contribution in [0.2, 0.25) is 0 Å². The lowest BCUT2D eigenvalue weighted by Crippen LogP contribution is -2.40. The summed E-state index contributed by atoms with van der Waals surface area (Å²) in [6.45, 7) is 11.6. The normalized spacial score (nSPS) is 23.0. The van der Waals surface area contributed by atoms with Crippen molar-refractivity contribution in [2.45, 2.75) is 39.2 Å². The Labute approximate surface area is 130 Å². The van der Waals surface area contributed by atoms with Crippen LogP contribution in [-0.2, 0) is 14.2 Å². The van der Waals surface area contributed by atoms with Gasteiger partial charge in [-0.05, 0) is 25.3 Å². The summed E-state index contributed by atoms with van der Waals surface area (Å²) < 4.78 is 16.5. The quantitative estimate of drug-likeness (QED) is 0.523. The Bertz CT molecular complexity index is 242. The molecule has 0 radical (unpaired) electrons. The fraction of sp³-hybridized carbons (Fsp3) is 1.00. The third-order valence-electron chi connectivity index (χ3n) is 4.15. The number of unbranched alkanes of at least 4 members (excludes halogenated alkanes) is 1. The molecule has 1 fully saturated rings. The first kappa shape index (κ1) is 18.8. The molecule has 1 saturated heterocycles. The maximum Gasteiger partial charge on any atom is 0.0701 e. The predicted molar refractivity (Wildman–Crippen MR) is 85.6 cm³/mol. The number of nitrogens with two attached hydrogens (primary N) is 1. The highest BCUT2D eigenvalue weighted by Crippen LogP contribution is 2.22. The third kappa shape index (κ3) is 8.12. The first-order valence-corrected chi connectivity index (χ1v) is 8.47. The van der Waals surface area contributed by atoms with Gasteiger partial charge in [-0.3, -0.25) is 4.90 Å². The molecule has 1 heterocycles. The van der Waals surface area contributed by atoms with E-state index in [0.717, 1.165) is 39.3 Å². The summed E-state index contributed by atoms with van der Waals surface area (Å²) in [5, 5.41) is 0. The average molecular weight is 302 g/mol. The molecule has 0 bridgehead atoms. The smallest absolute Gasteiger partial charge is 0.0701 e. The van der Waals surface area contributed by atoms with Gasteiger partial charge in [0, 0.05) is 25.7 Å². The second kappa shape index (κ2) is 12.4. The van der Waals surface area contributed by atoms with E-state index in [1.165, 1.54) is 12.8 Å². The van der Waals surface area contributed by atoms with Crippen LogP contribution in [0.1, 0.15) is 33.1 Å². The van der Waals surface area contributed by atoms with E-state index in [0.29, 0.717) is 38.4 Å². The molecule has 2 unspecified atom stereocenters. The van der Waals surface area contributed by atoms with Gasteiger partial charge in [0.1, 0.15) is 0 Å². The highest BCUT2D eigenvalue weighted by molar-refractivity contribution is 4.84. The van der Waals surface area contributed by atoms with Crippen LogP contribution in [0.25, 0.3) is 0 Å². The summed E-state index contributed by atoms with van der Waals surface area (Å²) >= 11 is 0. The zero-order valence-electron chi connectivity index (χ0n) is 13.9. The minimum Gasteiger partial charge on any atom is -0.379 e.